The fourth-order valence-corrected chi connectivity index (χ4v) is 1.20. The lowest BCUT2D eigenvalue weighted by atomic mass is 9.90. The highest BCUT2D eigenvalue weighted by molar-refractivity contribution is 5.32. The van der Waals surface area contributed by atoms with Crippen LogP contribution in [-0.4, -0.2) is 18.3 Å². The molecule has 3 heteroatoms. The van der Waals surface area contributed by atoms with Crippen LogP contribution >= 0.6 is 0 Å². The van der Waals surface area contributed by atoms with Gasteiger partial charge in [0.05, 0.1) is 7.11 Å². The molecule has 1 rings (SSSR count). The van der Waals surface area contributed by atoms with Gasteiger partial charge in [0.25, 0.3) is 0 Å². The van der Waals surface area contributed by atoms with Crippen LogP contribution < -0.4 is 10.5 Å². The summed E-state index contributed by atoms with van der Waals surface area (Å²) in [6, 6.07) is 6.98. The van der Waals surface area contributed by atoms with Crippen molar-refractivity contribution in [2.45, 2.75) is 25.5 Å². The summed E-state index contributed by atoms with van der Waals surface area (Å²) in [7, 11) is 1.60. The lowest BCUT2D eigenvalue weighted by Crippen LogP contribution is -2.40. The zero-order valence-corrected chi connectivity index (χ0v) is 8.82. The number of aliphatic hydroxyl groups is 1. The Bertz CT molecular complexity index is 308. The van der Waals surface area contributed by atoms with E-state index in [1.54, 1.807) is 27.0 Å². The summed E-state index contributed by atoms with van der Waals surface area (Å²) >= 11 is 0. The first-order valence-corrected chi connectivity index (χ1v) is 4.61. The van der Waals surface area contributed by atoms with E-state index in [0.717, 1.165) is 11.3 Å². The summed E-state index contributed by atoms with van der Waals surface area (Å²) in [4.78, 5) is 0. The van der Waals surface area contributed by atoms with E-state index in [0.29, 0.717) is 0 Å². The van der Waals surface area contributed by atoms with Gasteiger partial charge in [0.1, 0.15) is 11.4 Å². The molecule has 3 N–H and O–H groups in total. The zero-order valence-electron chi connectivity index (χ0n) is 8.82. The zero-order chi connectivity index (χ0) is 10.8. The number of benzene rings is 1. The van der Waals surface area contributed by atoms with Gasteiger partial charge in [-0.15, -0.1) is 0 Å². The Morgan fingerprint density at radius 1 is 1.50 bits per heavy atom. The maximum Gasteiger partial charge on any atom is 0.119 e. The van der Waals surface area contributed by atoms with Crippen LogP contribution in [0.25, 0.3) is 0 Å². The van der Waals surface area contributed by atoms with E-state index in [1.807, 2.05) is 18.2 Å². The van der Waals surface area contributed by atoms with Crippen LogP contribution in [-0.2, 0) is 5.60 Å². The summed E-state index contributed by atoms with van der Waals surface area (Å²) < 4.78 is 5.08. The van der Waals surface area contributed by atoms with Crippen molar-refractivity contribution in [2.24, 2.45) is 5.73 Å². The molecule has 14 heavy (non-hydrogen) atoms. The van der Waals surface area contributed by atoms with Crippen LogP contribution in [0.3, 0.4) is 0 Å². The van der Waals surface area contributed by atoms with Crippen molar-refractivity contribution in [1.82, 2.24) is 0 Å². The SMILES string of the molecule is COc1cccc(C(C)(O)C(C)N)c1. The lowest BCUT2D eigenvalue weighted by Gasteiger charge is -2.28. The number of hydrogen-bond acceptors (Lipinski definition) is 3. The monoisotopic (exact) mass is 195 g/mol. The third-order valence-corrected chi connectivity index (χ3v) is 2.54. The first kappa shape index (κ1) is 11.0. The van der Waals surface area contributed by atoms with Gasteiger partial charge in [-0.25, -0.2) is 0 Å². The van der Waals surface area contributed by atoms with E-state index >= 15 is 0 Å². The molecule has 1 aromatic carbocycles. The highest BCUT2D eigenvalue weighted by Gasteiger charge is 2.27. The second-order valence-corrected chi connectivity index (χ2v) is 3.67. The molecule has 0 aliphatic rings. The molecule has 78 valence electrons. The molecule has 1 aromatic rings. The molecule has 0 amide bonds. The van der Waals surface area contributed by atoms with Gasteiger partial charge < -0.3 is 15.6 Å². The molecule has 0 saturated carbocycles. The van der Waals surface area contributed by atoms with Crippen LogP contribution in [0.15, 0.2) is 24.3 Å². The summed E-state index contributed by atoms with van der Waals surface area (Å²) in [5.41, 5.74) is 5.45. The van der Waals surface area contributed by atoms with E-state index < -0.39 is 5.60 Å². The number of nitrogens with two attached hydrogens (primary N) is 1. The smallest absolute Gasteiger partial charge is 0.119 e. The average Bonchev–Trinajstić information content (AvgIpc) is 2.17. The van der Waals surface area contributed by atoms with Crippen LogP contribution in [0.2, 0.25) is 0 Å². The van der Waals surface area contributed by atoms with Crippen molar-refractivity contribution < 1.29 is 9.84 Å². The molecule has 0 aliphatic carbocycles. The van der Waals surface area contributed by atoms with Crippen molar-refractivity contribution in [2.75, 3.05) is 7.11 Å². The lowest BCUT2D eigenvalue weighted by molar-refractivity contribution is 0.0347. The molecule has 0 fully saturated rings. The van der Waals surface area contributed by atoms with E-state index in [-0.39, 0.29) is 6.04 Å². The van der Waals surface area contributed by atoms with Crippen molar-refractivity contribution in [1.29, 1.82) is 0 Å². The van der Waals surface area contributed by atoms with Crippen molar-refractivity contribution >= 4 is 0 Å². The first-order chi connectivity index (χ1) is 6.48. The Balaban J connectivity index is 3.06. The van der Waals surface area contributed by atoms with E-state index in [4.69, 9.17) is 10.5 Å². The standard InChI is InChI=1S/C11H17NO2/c1-8(12)11(2,13)9-5-4-6-10(7-9)14-3/h4-8,13H,12H2,1-3H3. The summed E-state index contributed by atoms with van der Waals surface area (Å²) in [5.74, 6) is 0.725. The molecule has 0 saturated heterocycles. The van der Waals surface area contributed by atoms with Crippen molar-refractivity contribution in [3.05, 3.63) is 29.8 Å². The number of rotatable bonds is 3. The number of methoxy groups -OCH3 is 1. The predicted octanol–water partition coefficient (Wildman–Crippen LogP) is 1.25. The summed E-state index contributed by atoms with van der Waals surface area (Å²) in [5, 5.41) is 10.1. The quantitative estimate of drug-likeness (QED) is 0.763. The predicted molar refractivity (Wildman–Crippen MR) is 56.2 cm³/mol. The van der Waals surface area contributed by atoms with Gasteiger partial charge in [0.2, 0.25) is 0 Å². The Hall–Kier alpha value is -1.06. The van der Waals surface area contributed by atoms with Gasteiger partial charge >= 0.3 is 0 Å². The second kappa shape index (κ2) is 3.98. The topological polar surface area (TPSA) is 55.5 Å². The Morgan fingerprint density at radius 2 is 2.14 bits per heavy atom. The molecule has 2 atom stereocenters. The second-order valence-electron chi connectivity index (χ2n) is 3.67. The van der Waals surface area contributed by atoms with Gasteiger partial charge in [-0.2, -0.15) is 0 Å². The molecular weight excluding hydrogens is 178 g/mol. The number of hydrogen-bond donors (Lipinski definition) is 2. The number of ether oxygens (including phenoxy) is 1. The average molecular weight is 195 g/mol. The molecule has 0 spiro atoms. The molecular formula is C11H17NO2. The summed E-state index contributed by atoms with van der Waals surface area (Å²) in [6.45, 7) is 3.48. The first-order valence-electron chi connectivity index (χ1n) is 4.61. The van der Waals surface area contributed by atoms with E-state index in [2.05, 4.69) is 0 Å². The molecule has 0 bridgehead atoms. The van der Waals surface area contributed by atoms with Gasteiger partial charge in [-0.1, -0.05) is 12.1 Å². The molecule has 2 unspecified atom stereocenters. The van der Waals surface area contributed by atoms with Crippen LogP contribution in [0.4, 0.5) is 0 Å². The van der Waals surface area contributed by atoms with Gasteiger partial charge in [-0.3, -0.25) is 0 Å². The van der Waals surface area contributed by atoms with E-state index in [1.165, 1.54) is 0 Å². The molecule has 3 nitrogen and oxygen atoms in total. The normalized spacial score (nSPS) is 17.2. The molecule has 0 aliphatic heterocycles. The Kier molecular flexibility index (Phi) is 3.13. The fourth-order valence-electron chi connectivity index (χ4n) is 1.20. The van der Waals surface area contributed by atoms with E-state index in [9.17, 15) is 5.11 Å². The van der Waals surface area contributed by atoms with Gasteiger partial charge in [-0.05, 0) is 31.5 Å². The maximum atomic E-state index is 10.1. The largest absolute Gasteiger partial charge is 0.497 e. The van der Waals surface area contributed by atoms with Crippen LogP contribution in [0.5, 0.6) is 5.75 Å². The Morgan fingerprint density at radius 3 is 2.64 bits per heavy atom. The minimum atomic E-state index is -1.02. The van der Waals surface area contributed by atoms with Crippen LogP contribution in [0, 0.1) is 0 Å². The van der Waals surface area contributed by atoms with Gasteiger partial charge in [0.15, 0.2) is 0 Å². The Labute approximate surface area is 84.5 Å². The third-order valence-electron chi connectivity index (χ3n) is 2.54. The minimum absolute atomic E-state index is 0.324. The minimum Gasteiger partial charge on any atom is -0.497 e. The van der Waals surface area contributed by atoms with Crippen molar-refractivity contribution in [3.63, 3.8) is 0 Å². The maximum absolute atomic E-state index is 10.1. The third kappa shape index (κ3) is 2.05. The highest BCUT2D eigenvalue weighted by atomic mass is 16.5. The van der Waals surface area contributed by atoms with Gasteiger partial charge in [0, 0.05) is 6.04 Å². The molecule has 0 heterocycles. The van der Waals surface area contributed by atoms with Crippen molar-refractivity contribution in [3.8, 4) is 5.75 Å². The molecule has 0 aromatic heterocycles. The highest BCUT2D eigenvalue weighted by Crippen LogP contribution is 2.26. The summed E-state index contributed by atoms with van der Waals surface area (Å²) in [6.07, 6.45) is 0. The molecule has 0 radical (unpaired) electrons. The fraction of sp³-hybridized carbons (Fsp3) is 0.455. The van der Waals surface area contributed by atoms with Crippen LogP contribution in [0.1, 0.15) is 19.4 Å².